The predicted octanol–water partition coefficient (Wildman–Crippen LogP) is 3.18. The van der Waals surface area contributed by atoms with E-state index in [9.17, 15) is 0 Å². The van der Waals surface area contributed by atoms with Gasteiger partial charge in [-0.2, -0.15) is 4.98 Å². The summed E-state index contributed by atoms with van der Waals surface area (Å²) >= 11 is 13.4. The van der Waals surface area contributed by atoms with E-state index in [1.54, 1.807) is 11.3 Å². The van der Waals surface area contributed by atoms with Crippen LogP contribution in [0.3, 0.4) is 0 Å². The second-order valence-corrected chi connectivity index (χ2v) is 5.33. The van der Waals surface area contributed by atoms with Crippen LogP contribution in [0, 0.1) is 6.92 Å². The van der Waals surface area contributed by atoms with Gasteiger partial charge in [0.05, 0.1) is 23.4 Å². The van der Waals surface area contributed by atoms with Crippen molar-refractivity contribution in [3.8, 4) is 0 Å². The summed E-state index contributed by atoms with van der Waals surface area (Å²) in [5, 5.41) is 3.72. The average molecular weight is 289 g/mol. The van der Waals surface area contributed by atoms with Gasteiger partial charge >= 0.3 is 0 Å². The first-order valence-corrected chi connectivity index (χ1v) is 6.50. The summed E-state index contributed by atoms with van der Waals surface area (Å²) in [6.45, 7) is 2.61. The zero-order valence-corrected chi connectivity index (χ0v) is 11.6. The molecule has 0 radical (unpaired) electrons. The smallest absolute Gasteiger partial charge is 0.224 e. The molecule has 4 nitrogen and oxygen atoms in total. The second-order valence-electron chi connectivity index (χ2n) is 3.52. The average Bonchev–Trinajstić information content (AvgIpc) is 2.67. The lowest BCUT2D eigenvalue weighted by Gasteiger charge is -2.17. The van der Waals surface area contributed by atoms with Crippen LogP contribution in [0.25, 0.3) is 0 Å². The van der Waals surface area contributed by atoms with Gasteiger partial charge in [-0.3, -0.25) is 0 Å². The van der Waals surface area contributed by atoms with Crippen molar-refractivity contribution >= 4 is 40.4 Å². The standard InChI is InChI=1S/C10H10Cl2N4S/c1-6-14-7(5-17-6)4-16(2)9-8(11)3-13-10(12)15-9/h3,5H,4H2,1-2H3. The number of aryl methyl sites for hydroxylation is 1. The van der Waals surface area contributed by atoms with E-state index in [4.69, 9.17) is 23.2 Å². The fourth-order valence-corrected chi connectivity index (χ4v) is 2.37. The molecule has 0 atom stereocenters. The fraction of sp³-hybridized carbons (Fsp3) is 0.300. The van der Waals surface area contributed by atoms with E-state index in [0.29, 0.717) is 17.4 Å². The fourth-order valence-electron chi connectivity index (χ4n) is 1.40. The number of aromatic nitrogens is 3. The third-order valence-electron chi connectivity index (χ3n) is 2.12. The van der Waals surface area contributed by atoms with Crippen molar-refractivity contribution in [3.63, 3.8) is 0 Å². The van der Waals surface area contributed by atoms with Crippen molar-refractivity contribution in [1.82, 2.24) is 15.0 Å². The van der Waals surface area contributed by atoms with Crippen molar-refractivity contribution in [3.05, 3.63) is 32.6 Å². The third kappa shape index (κ3) is 3.06. The Hall–Kier alpha value is -0.910. The molecule has 0 aliphatic heterocycles. The van der Waals surface area contributed by atoms with Crippen molar-refractivity contribution in [2.75, 3.05) is 11.9 Å². The molecule has 2 heterocycles. The normalized spacial score (nSPS) is 10.6. The number of rotatable bonds is 3. The highest BCUT2D eigenvalue weighted by molar-refractivity contribution is 7.09. The molecule has 2 aromatic heterocycles. The summed E-state index contributed by atoms with van der Waals surface area (Å²) in [5.74, 6) is 0.609. The maximum atomic E-state index is 6.02. The molecule has 0 fully saturated rings. The molecule has 0 aliphatic rings. The summed E-state index contributed by atoms with van der Waals surface area (Å²) in [5.41, 5.74) is 0.987. The van der Waals surface area contributed by atoms with E-state index < -0.39 is 0 Å². The second kappa shape index (κ2) is 5.16. The summed E-state index contributed by atoms with van der Waals surface area (Å²) in [6, 6.07) is 0. The minimum Gasteiger partial charge on any atom is -0.352 e. The first kappa shape index (κ1) is 12.5. The van der Waals surface area contributed by atoms with E-state index >= 15 is 0 Å². The molecule has 0 unspecified atom stereocenters. The van der Waals surface area contributed by atoms with Crippen molar-refractivity contribution in [2.24, 2.45) is 0 Å². The summed E-state index contributed by atoms with van der Waals surface area (Å²) in [4.78, 5) is 14.2. The highest BCUT2D eigenvalue weighted by Gasteiger charge is 2.11. The summed E-state index contributed by atoms with van der Waals surface area (Å²) < 4.78 is 0. The van der Waals surface area contributed by atoms with Crippen LogP contribution in [0.5, 0.6) is 0 Å². The van der Waals surface area contributed by atoms with Gasteiger partial charge in [0.1, 0.15) is 5.02 Å². The monoisotopic (exact) mass is 288 g/mol. The molecule has 0 N–H and O–H groups in total. The van der Waals surface area contributed by atoms with Gasteiger partial charge in [-0.05, 0) is 18.5 Å². The van der Waals surface area contributed by atoms with Crippen LogP contribution < -0.4 is 4.90 Å². The van der Waals surface area contributed by atoms with Gasteiger partial charge in [0.2, 0.25) is 5.28 Å². The SMILES string of the molecule is Cc1nc(CN(C)c2nc(Cl)ncc2Cl)cs1. The Balaban J connectivity index is 2.19. The number of hydrogen-bond acceptors (Lipinski definition) is 5. The van der Waals surface area contributed by atoms with Gasteiger partial charge in [0, 0.05) is 12.4 Å². The molecule has 17 heavy (non-hydrogen) atoms. The minimum atomic E-state index is 0.186. The molecule has 2 aromatic rings. The molecule has 0 aromatic carbocycles. The van der Waals surface area contributed by atoms with Gasteiger partial charge in [0.15, 0.2) is 5.82 Å². The highest BCUT2D eigenvalue weighted by atomic mass is 35.5. The van der Waals surface area contributed by atoms with Crippen LogP contribution in [0.1, 0.15) is 10.7 Å². The largest absolute Gasteiger partial charge is 0.352 e. The quantitative estimate of drug-likeness (QED) is 0.814. The molecule has 0 aliphatic carbocycles. The zero-order chi connectivity index (χ0) is 12.4. The van der Waals surface area contributed by atoms with Crippen LogP contribution in [-0.2, 0) is 6.54 Å². The first-order chi connectivity index (χ1) is 8.06. The highest BCUT2D eigenvalue weighted by Crippen LogP contribution is 2.24. The Morgan fingerprint density at radius 2 is 2.12 bits per heavy atom. The Labute approximate surface area is 113 Å². The van der Waals surface area contributed by atoms with Gasteiger partial charge < -0.3 is 4.90 Å². The lowest BCUT2D eigenvalue weighted by molar-refractivity contribution is 0.865. The first-order valence-electron chi connectivity index (χ1n) is 4.86. The molecule has 0 spiro atoms. The number of anilines is 1. The summed E-state index contributed by atoms with van der Waals surface area (Å²) in [6.07, 6.45) is 1.50. The maximum absolute atomic E-state index is 6.02. The number of halogens is 2. The Morgan fingerprint density at radius 3 is 2.76 bits per heavy atom. The van der Waals surface area contributed by atoms with E-state index in [-0.39, 0.29) is 5.28 Å². The van der Waals surface area contributed by atoms with Gasteiger partial charge in [-0.1, -0.05) is 11.6 Å². The number of hydrogen-bond donors (Lipinski definition) is 0. The third-order valence-corrected chi connectivity index (χ3v) is 3.39. The Morgan fingerprint density at radius 1 is 1.35 bits per heavy atom. The molecule has 0 amide bonds. The molecule has 0 saturated heterocycles. The summed E-state index contributed by atoms with van der Waals surface area (Å²) in [7, 11) is 1.89. The maximum Gasteiger partial charge on any atom is 0.224 e. The van der Waals surface area contributed by atoms with Crippen LogP contribution in [0.4, 0.5) is 5.82 Å². The van der Waals surface area contributed by atoms with E-state index in [2.05, 4.69) is 15.0 Å². The molecular formula is C10H10Cl2N4S. The molecule has 0 saturated carbocycles. The van der Waals surface area contributed by atoms with Gasteiger partial charge in [0.25, 0.3) is 0 Å². The van der Waals surface area contributed by atoms with Crippen LogP contribution in [0.2, 0.25) is 10.3 Å². The topological polar surface area (TPSA) is 41.9 Å². The minimum absolute atomic E-state index is 0.186. The number of thiazole rings is 1. The molecule has 2 rings (SSSR count). The van der Waals surface area contributed by atoms with E-state index in [1.807, 2.05) is 24.3 Å². The lowest BCUT2D eigenvalue weighted by atomic mass is 10.4. The van der Waals surface area contributed by atoms with Gasteiger partial charge in [-0.15, -0.1) is 11.3 Å². The van der Waals surface area contributed by atoms with Crippen molar-refractivity contribution in [1.29, 1.82) is 0 Å². The van der Waals surface area contributed by atoms with Gasteiger partial charge in [-0.25, -0.2) is 9.97 Å². The Bertz CT molecular complexity index is 529. The van der Waals surface area contributed by atoms with Crippen LogP contribution in [-0.4, -0.2) is 22.0 Å². The Kier molecular flexibility index (Phi) is 3.81. The van der Waals surface area contributed by atoms with E-state index in [1.165, 1.54) is 6.20 Å². The van der Waals surface area contributed by atoms with Crippen LogP contribution >= 0.6 is 34.5 Å². The van der Waals surface area contributed by atoms with Crippen LogP contribution in [0.15, 0.2) is 11.6 Å². The number of nitrogens with zero attached hydrogens (tertiary/aromatic N) is 4. The molecule has 0 bridgehead atoms. The lowest BCUT2D eigenvalue weighted by Crippen LogP contribution is -2.18. The van der Waals surface area contributed by atoms with E-state index in [0.717, 1.165) is 10.7 Å². The predicted molar refractivity (Wildman–Crippen MR) is 71.0 cm³/mol. The van der Waals surface area contributed by atoms with Crippen molar-refractivity contribution < 1.29 is 0 Å². The molecule has 7 heteroatoms. The molecule has 90 valence electrons. The van der Waals surface area contributed by atoms with Crippen molar-refractivity contribution in [2.45, 2.75) is 13.5 Å². The zero-order valence-electron chi connectivity index (χ0n) is 9.31. The molecular weight excluding hydrogens is 279 g/mol.